The Morgan fingerprint density at radius 3 is 2.45 bits per heavy atom. The Morgan fingerprint density at radius 1 is 1.10 bits per heavy atom. The number of para-hydroxylation sites is 1. The van der Waals surface area contributed by atoms with Gasteiger partial charge in [-0.1, -0.05) is 36.0 Å². The fourth-order valence-corrected chi connectivity index (χ4v) is 2.32. The molecule has 102 valence electrons. The normalized spacial score (nSPS) is 10.3. The molecule has 0 radical (unpaired) electrons. The fraction of sp³-hybridized carbons (Fsp3) is 0.133. The molecule has 5 heteroatoms. The molecule has 2 nitrogen and oxygen atoms in total. The van der Waals surface area contributed by atoms with Crippen LogP contribution in [0.5, 0.6) is 0 Å². The molecule has 1 N–H and O–H groups in total. The number of rotatable bonds is 5. The van der Waals surface area contributed by atoms with Gasteiger partial charge in [0.15, 0.2) is 0 Å². The van der Waals surface area contributed by atoms with Gasteiger partial charge < -0.3 is 5.32 Å². The van der Waals surface area contributed by atoms with Gasteiger partial charge in [0.1, 0.15) is 0 Å². The first kappa shape index (κ1) is 14.4. The van der Waals surface area contributed by atoms with Gasteiger partial charge >= 0.3 is 0 Å². The molecule has 0 saturated heterocycles. The quantitative estimate of drug-likeness (QED) is 0.824. The number of thioether (sulfide) groups is 1. The van der Waals surface area contributed by atoms with Crippen LogP contribution >= 0.6 is 11.8 Å². The van der Waals surface area contributed by atoms with Crippen molar-refractivity contribution in [3.8, 4) is 6.07 Å². The van der Waals surface area contributed by atoms with Gasteiger partial charge in [0, 0.05) is 17.1 Å². The van der Waals surface area contributed by atoms with Gasteiger partial charge in [-0.05, 0) is 29.8 Å². The first-order chi connectivity index (χ1) is 9.69. The van der Waals surface area contributed by atoms with Crippen molar-refractivity contribution in [3.05, 3.63) is 59.7 Å². The monoisotopic (exact) mass is 290 g/mol. The number of nitrogens with zero attached hydrogens (tertiary/aromatic N) is 1. The van der Waals surface area contributed by atoms with Gasteiger partial charge in [-0.3, -0.25) is 0 Å². The van der Waals surface area contributed by atoms with Gasteiger partial charge in [0.2, 0.25) is 0 Å². The molecule has 0 aliphatic carbocycles. The van der Waals surface area contributed by atoms with Crippen LogP contribution in [0, 0.1) is 11.3 Å². The van der Waals surface area contributed by atoms with E-state index in [-0.39, 0.29) is 0 Å². The molecule has 0 spiro atoms. The van der Waals surface area contributed by atoms with E-state index in [1.54, 1.807) is 36.4 Å². The molecular weight excluding hydrogens is 278 g/mol. The van der Waals surface area contributed by atoms with Crippen LogP contribution in [0.3, 0.4) is 0 Å². The van der Waals surface area contributed by atoms with Crippen LogP contribution in [0.4, 0.5) is 14.5 Å². The molecule has 0 heterocycles. The summed E-state index contributed by atoms with van der Waals surface area (Å²) in [7, 11) is 0. The molecule has 2 aromatic carbocycles. The Bertz CT molecular complexity index is 606. The zero-order chi connectivity index (χ0) is 14.4. The maximum atomic E-state index is 12.5. The van der Waals surface area contributed by atoms with E-state index in [2.05, 4.69) is 11.4 Å². The van der Waals surface area contributed by atoms with Gasteiger partial charge in [0.25, 0.3) is 5.76 Å². The third kappa shape index (κ3) is 3.97. The minimum absolute atomic E-state index is 0.520. The second-order valence-electron chi connectivity index (χ2n) is 4.04. The zero-order valence-electron chi connectivity index (χ0n) is 10.5. The summed E-state index contributed by atoms with van der Waals surface area (Å²) in [6.45, 7) is 0.520. The number of hydrogen-bond acceptors (Lipinski definition) is 3. The number of benzene rings is 2. The fourth-order valence-electron chi connectivity index (χ4n) is 1.71. The number of halogens is 2. The van der Waals surface area contributed by atoms with Crippen LogP contribution in [0.1, 0.15) is 11.1 Å². The van der Waals surface area contributed by atoms with Crippen LogP contribution < -0.4 is 5.32 Å². The predicted octanol–water partition coefficient (Wildman–Crippen LogP) is 4.49. The summed E-state index contributed by atoms with van der Waals surface area (Å²) in [6.07, 6.45) is 0. The molecule has 0 saturated carbocycles. The highest BCUT2D eigenvalue weighted by molar-refractivity contribution is 7.99. The van der Waals surface area contributed by atoms with E-state index in [0.717, 1.165) is 5.56 Å². The molecule has 0 bridgehead atoms. The molecule has 0 amide bonds. The third-order valence-electron chi connectivity index (χ3n) is 2.67. The van der Waals surface area contributed by atoms with Crippen molar-refractivity contribution in [1.29, 1.82) is 5.26 Å². The highest BCUT2D eigenvalue weighted by Gasteiger charge is 2.09. The van der Waals surface area contributed by atoms with Crippen molar-refractivity contribution in [1.82, 2.24) is 0 Å². The lowest BCUT2D eigenvalue weighted by Crippen LogP contribution is -2.01. The lowest BCUT2D eigenvalue weighted by molar-refractivity contribution is 0.252. The maximum absolute atomic E-state index is 12.5. The Hall–Kier alpha value is -2.06. The number of anilines is 1. The van der Waals surface area contributed by atoms with Crippen molar-refractivity contribution in [2.45, 2.75) is 17.2 Å². The number of nitrogens with one attached hydrogen (secondary N) is 1. The Kier molecular flexibility index (Phi) is 4.97. The van der Waals surface area contributed by atoms with E-state index < -0.39 is 5.76 Å². The molecule has 0 aliphatic rings. The van der Waals surface area contributed by atoms with E-state index >= 15 is 0 Å². The Morgan fingerprint density at radius 2 is 1.80 bits per heavy atom. The van der Waals surface area contributed by atoms with Crippen LogP contribution in [0.15, 0.2) is 53.4 Å². The summed E-state index contributed by atoms with van der Waals surface area (Å²) in [6, 6.07) is 16.2. The van der Waals surface area contributed by atoms with Crippen molar-refractivity contribution in [2.75, 3.05) is 5.32 Å². The van der Waals surface area contributed by atoms with Crippen molar-refractivity contribution >= 4 is 17.4 Å². The van der Waals surface area contributed by atoms with Crippen molar-refractivity contribution in [3.63, 3.8) is 0 Å². The van der Waals surface area contributed by atoms with Crippen LogP contribution in [-0.2, 0) is 6.54 Å². The molecule has 0 aliphatic heterocycles. The SMILES string of the molecule is N#Cc1ccc(CNc2ccccc2SC(F)F)cc1. The van der Waals surface area contributed by atoms with E-state index in [0.29, 0.717) is 34.5 Å². The molecule has 2 rings (SSSR count). The minimum atomic E-state index is -2.44. The standard InChI is InChI=1S/C15H12F2N2S/c16-15(17)20-14-4-2-1-3-13(14)19-10-12-7-5-11(9-18)6-8-12/h1-8,15,19H,10H2. The summed E-state index contributed by atoms with van der Waals surface area (Å²) >= 11 is 0.527. The van der Waals surface area contributed by atoms with Gasteiger partial charge in [0.05, 0.1) is 11.6 Å². The molecule has 0 atom stereocenters. The minimum Gasteiger partial charge on any atom is -0.380 e. The average molecular weight is 290 g/mol. The third-order valence-corrected chi connectivity index (χ3v) is 3.46. The molecule has 0 fully saturated rings. The predicted molar refractivity (Wildman–Crippen MR) is 76.8 cm³/mol. The molecule has 20 heavy (non-hydrogen) atoms. The lowest BCUT2D eigenvalue weighted by Gasteiger charge is -2.11. The van der Waals surface area contributed by atoms with Crippen LogP contribution in [0.25, 0.3) is 0 Å². The van der Waals surface area contributed by atoms with Crippen molar-refractivity contribution in [2.24, 2.45) is 0 Å². The molecule has 0 aromatic heterocycles. The molecule has 2 aromatic rings. The van der Waals surface area contributed by atoms with Gasteiger partial charge in [-0.25, -0.2) is 0 Å². The Balaban J connectivity index is 2.04. The largest absolute Gasteiger partial charge is 0.380 e. The number of nitriles is 1. The van der Waals surface area contributed by atoms with E-state index in [9.17, 15) is 8.78 Å². The summed E-state index contributed by atoms with van der Waals surface area (Å²) in [5.41, 5.74) is 2.27. The highest BCUT2D eigenvalue weighted by Crippen LogP contribution is 2.31. The second-order valence-corrected chi connectivity index (χ2v) is 5.07. The van der Waals surface area contributed by atoms with Crippen LogP contribution in [-0.4, -0.2) is 5.76 Å². The maximum Gasteiger partial charge on any atom is 0.288 e. The first-order valence-corrected chi connectivity index (χ1v) is 6.84. The highest BCUT2D eigenvalue weighted by atomic mass is 32.2. The summed E-state index contributed by atoms with van der Waals surface area (Å²) < 4.78 is 24.9. The van der Waals surface area contributed by atoms with E-state index in [1.165, 1.54) is 0 Å². The molecule has 0 unspecified atom stereocenters. The topological polar surface area (TPSA) is 35.8 Å². The second kappa shape index (κ2) is 6.92. The smallest absolute Gasteiger partial charge is 0.288 e. The van der Waals surface area contributed by atoms with E-state index in [1.807, 2.05) is 12.1 Å². The van der Waals surface area contributed by atoms with E-state index in [4.69, 9.17) is 5.26 Å². The number of hydrogen-bond donors (Lipinski definition) is 1. The van der Waals surface area contributed by atoms with Gasteiger partial charge in [-0.15, -0.1) is 0 Å². The van der Waals surface area contributed by atoms with Gasteiger partial charge in [-0.2, -0.15) is 14.0 Å². The average Bonchev–Trinajstić information content (AvgIpc) is 2.46. The van der Waals surface area contributed by atoms with Crippen LogP contribution in [0.2, 0.25) is 0 Å². The number of alkyl halides is 2. The lowest BCUT2D eigenvalue weighted by atomic mass is 10.1. The van der Waals surface area contributed by atoms with Crippen molar-refractivity contribution < 1.29 is 8.78 Å². The molecular formula is C15H12F2N2S. The summed E-state index contributed by atoms with van der Waals surface area (Å²) in [5.74, 6) is -2.44. The first-order valence-electron chi connectivity index (χ1n) is 5.96. The Labute approximate surface area is 120 Å². The summed E-state index contributed by atoms with van der Waals surface area (Å²) in [4.78, 5) is 0.524. The summed E-state index contributed by atoms with van der Waals surface area (Å²) in [5, 5.41) is 11.9. The zero-order valence-corrected chi connectivity index (χ0v) is 11.3.